The lowest BCUT2D eigenvalue weighted by molar-refractivity contribution is 0.416. The van der Waals surface area contributed by atoms with Crippen LogP contribution >= 0.6 is 15.9 Å². The van der Waals surface area contributed by atoms with Crippen molar-refractivity contribution >= 4 is 21.6 Å². The Morgan fingerprint density at radius 3 is 2.82 bits per heavy atom. The fourth-order valence-corrected chi connectivity index (χ4v) is 1.94. The van der Waals surface area contributed by atoms with Gasteiger partial charge in [-0.15, -0.1) is 0 Å². The van der Waals surface area contributed by atoms with Crippen LogP contribution in [0.1, 0.15) is 11.3 Å². The van der Waals surface area contributed by atoms with E-state index in [2.05, 4.69) is 21.2 Å². The second-order valence-corrected chi connectivity index (χ2v) is 4.64. The third-order valence-electron chi connectivity index (χ3n) is 2.57. The van der Waals surface area contributed by atoms with Gasteiger partial charge in [0.05, 0.1) is 25.6 Å². The molecule has 0 radical (unpaired) electrons. The quantitative estimate of drug-likeness (QED) is 0.927. The third kappa shape index (κ3) is 2.82. The molecule has 1 heterocycles. The summed E-state index contributed by atoms with van der Waals surface area (Å²) in [5.74, 6) is 1.75. The smallest absolute Gasteiger partial charge is 0.142 e. The number of halogens is 1. The molecule has 1 aromatic carbocycles. The van der Waals surface area contributed by atoms with Gasteiger partial charge >= 0.3 is 0 Å². The highest BCUT2D eigenvalue weighted by Crippen LogP contribution is 2.28. The van der Waals surface area contributed by atoms with Crippen LogP contribution in [-0.2, 0) is 6.54 Å². The Hall–Kier alpha value is -1.42. The molecule has 2 aromatic rings. The lowest BCUT2D eigenvalue weighted by atomic mass is 10.2. The van der Waals surface area contributed by atoms with Gasteiger partial charge in [-0.2, -0.15) is 0 Å². The Kier molecular flexibility index (Phi) is 3.74. The molecule has 0 fully saturated rings. The molecule has 1 aromatic heterocycles. The number of nitrogens with one attached hydrogen (secondary N) is 1. The molecule has 0 unspecified atom stereocenters. The Balaban J connectivity index is 2.13. The molecule has 1 N–H and O–H groups in total. The predicted molar refractivity (Wildman–Crippen MR) is 71.5 cm³/mol. The highest BCUT2D eigenvalue weighted by atomic mass is 79.9. The Bertz CT molecular complexity index is 508. The van der Waals surface area contributed by atoms with Gasteiger partial charge in [-0.05, 0) is 36.8 Å². The average Bonchev–Trinajstić information content (AvgIpc) is 2.72. The van der Waals surface area contributed by atoms with E-state index in [0.29, 0.717) is 6.54 Å². The molecule has 3 nitrogen and oxygen atoms in total. The molecule has 90 valence electrons. The largest absolute Gasteiger partial charge is 0.495 e. The van der Waals surface area contributed by atoms with E-state index in [1.807, 2.05) is 31.2 Å². The lowest BCUT2D eigenvalue weighted by Gasteiger charge is -2.10. The number of methoxy groups -OCH3 is 1. The summed E-state index contributed by atoms with van der Waals surface area (Å²) in [5.41, 5.74) is 2.09. The number of ether oxygens (including phenoxy) is 1. The fourth-order valence-electron chi connectivity index (χ4n) is 1.58. The molecule has 0 spiro atoms. The van der Waals surface area contributed by atoms with Gasteiger partial charge in [0.15, 0.2) is 0 Å². The third-order valence-corrected chi connectivity index (χ3v) is 3.06. The summed E-state index contributed by atoms with van der Waals surface area (Å²) < 4.78 is 11.7. The molecule has 4 heteroatoms. The number of rotatable bonds is 4. The molecular formula is C13H14BrNO2. The highest BCUT2D eigenvalue weighted by molar-refractivity contribution is 9.10. The van der Waals surface area contributed by atoms with Crippen LogP contribution in [0.2, 0.25) is 0 Å². The van der Waals surface area contributed by atoms with E-state index >= 15 is 0 Å². The van der Waals surface area contributed by atoms with Crippen molar-refractivity contribution in [3.63, 3.8) is 0 Å². The van der Waals surface area contributed by atoms with Crippen molar-refractivity contribution in [3.05, 3.63) is 46.3 Å². The van der Waals surface area contributed by atoms with Crippen molar-refractivity contribution in [2.45, 2.75) is 13.5 Å². The summed E-state index contributed by atoms with van der Waals surface area (Å²) in [6, 6.07) is 7.80. The molecule has 0 saturated heterocycles. The number of hydrogen-bond donors (Lipinski definition) is 1. The number of furan rings is 1. The summed E-state index contributed by atoms with van der Waals surface area (Å²) in [7, 11) is 1.66. The summed E-state index contributed by atoms with van der Waals surface area (Å²) in [6.45, 7) is 2.67. The zero-order valence-corrected chi connectivity index (χ0v) is 11.4. The van der Waals surface area contributed by atoms with Gasteiger partial charge in [-0.25, -0.2) is 0 Å². The van der Waals surface area contributed by atoms with Gasteiger partial charge in [0.1, 0.15) is 11.5 Å². The molecule has 0 aliphatic heterocycles. The molecule has 2 rings (SSSR count). The molecule has 0 amide bonds. The van der Waals surface area contributed by atoms with Gasteiger partial charge in [0.25, 0.3) is 0 Å². The van der Waals surface area contributed by atoms with Crippen LogP contribution in [0.25, 0.3) is 0 Å². The van der Waals surface area contributed by atoms with Gasteiger partial charge in [0.2, 0.25) is 0 Å². The van der Waals surface area contributed by atoms with Crippen molar-refractivity contribution in [1.82, 2.24) is 0 Å². The fraction of sp³-hybridized carbons (Fsp3) is 0.231. The maximum atomic E-state index is 5.37. The SMILES string of the molecule is COc1ccc(Br)cc1NCc1occc1C. The van der Waals surface area contributed by atoms with E-state index in [1.54, 1.807) is 13.4 Å². The van der Waals surface area contributed by atoms with Crippen molar-refractivity contribution in [3.8, 4) is 5.75 Å². The van der Waals surface area contributed by atoms with Gasteiger partial charge < -0.3 is 14.5 Å². The first kappa shape index (κ1) is 12.0. The molecular weight excluding hydrogens is 282 g/mol. The molecule has 0 bridgehead atoms. The normalized spacial score (nSPS) is 10.3. The van der Waals surface area contributed by atoms with Crippen LogP contribution in [0.5, 0.6) is 5.75 Å². The second kappa shape index (κ2) is 5.27. The van der Waals surface area contributed by atoms with E-state index in [1.165, 1.54) is 0 Å². The molecule has 17 heavy (non-hydrogen) atoms. The standard InChI is InChI=1S/C13H14BrNO2/c1-9-5-6-17-13(9)8-15-11-7-10(14)3-4-12(11)16-2/h3-7,15H,8H2,1-2H3. The van der Waals surface area contributed by atoms with E-state index < -0.39 is 0 Å². The highest BCUT2D eigenvalue weighted by Gasteiger charge is 2.06. The maximum absolute atomic E-state index is 5.37. The Morgan fingerprint density at radius 2 is 2.18 bits per heavy atom. The molecule has 0 saturated carbocycles. The van der Waals surface area contributed by atoms with Gasteiger partial charge in [-0.1, -0.05) is 15.9 Å². The van der Waals surface area contributed by atoms with Crippen molar-refractivity contribution in [1.29, 1.82) is 0 Å². The topological polar surface area (TPSA) is 34.4 Å². The zero-order chi connectivity index (χ0) is 12.3. The number of hydrogen-bond acceptors (Lipinski definition) is 3. The monoisotopic (exact) mass is 295 g/mol. The van der Waals surface area contributed by atoms with Crippen LogP contribution < -0.4 is 10.1 Å². The van der Waals surface area contributed by atoms with E-state index in [-0.39, 0.29) is 0 Å². The van der Waals surface area contributed by atoms with Crippen LogP contribution in [0.3, 0.4) is 0 Å². The number of benzene rings is 1. The minimum Gasteiger partial charge on any atom is -0.495 e. The second-order valence-electron chi connectivity index (χ2n) is 3.72. The molecule has 0 atom stereocenters. The Morgan fingerprint density at radius 1 is 1.35 bits per heavy atom. The minimum atomic E-state index is 0.644. The van der Waals surface area contributed by atoms with Crippen molar-refractivity contribution < 1.29 is 9.15 Å². The minimum absolute atomic E-state index is 0.644. The van der Waals surface area contributed by atoms with Crippen molar-refractivity contribution in [2.75, 3.05) is 12.4 Å². The summed E-state index contributed by atoms with van der Waals surface area (Å²) in [4.78, 5) is 0. The first-order valence-electron chi connectivity index (χ1n) is 5.31. The number of anilines is 1. The van der Waals surface area contributed by atoms with Crippen LogP contribution in [0.4, 0.5) is 5.69 Å². The van der Waals surface area contributed by atoms with Crippen LogP contribution in [-0.4, -0.2) is 7.11 Å². The summed E-state index contributed by atoms with van der Waals surface area (Å²) in [6.07, 6.45) is 1.70. The first-order chi connectivity index (χ1) is 8.20. The summed E-state index contributed by atoms with van der Waals surface area (Å²) in [5, 5.41) is 3.30. The molecule has 0 aliphatic carbocycles. The Labute approximate surface area is 109 Å². The average molecular weight is 296 g/mol. The zero-order valence-electron chi connectivity index (χ0n) is 9.79. The van der Waals surface area contributed by atoms with E-state index in [4.69, 9.17) is 9.15 Å². The van der Waals surface area contributed by atoms with Crippen LogP contribution in [0.15, 0.2) is 39.4 Å². The predicted octanol–water partition coefficient (Wildman–Crippen LogP) is 3.97. The van der Waals surface area contributed by atoms with Crippen LogP contribution in [0, 0.1) is 6.92 Å². The number of aryl methyl sites for hydroxylation is 1. The lowest BCUT2D eigenvalue weighted by Crippen LogP contribution is -2.01. The van der Waals surface area contributed by atoms with Gasteiger partial charge in [0, 0.05) is 4.47 Å². The van der Waals surface area contributed by atoms with E-state index in [0.717, 1.165) is 27.2 Å². The summed E-state index contributed by atoms with van der Waals surface area (Å²) >= 11 is 3.44. The molecule has 0 aliphatic rings. The maximum Gasteiger partial charge on any atom is 0.142 e. The van der Waals surface area contributed by atoms with Crippen molar-refractivity contribution in [2.24, 2.45) is 0 Å². The first-order valence-corrected chi connectivity index (χ1v) is 6.10. The van der Waals surface area contributed by atoms with E-state index in [9.17, 15) is 0 Å². The van der Waals surface area contributed by atoms with Gasteiger partial charge in [-0.3, -0.25) is 0 Å².